The van der Waals surface area contributed by atoms with Gasteiger partial charge in [-0.25, -0.2) is 4.79 Å². The molecule has 6 nitrogen and oxygen atoms in total. The van der Waals surface area contributed by atoms with E-state index in [4.69, 9.17) is 5.11 Å². The molecular weight excluding hydrogens is 248 g/mol. The quantitative estimate of drug-likeness (QED) is 0.608. The fourth-order valence-electron chi connectivity index (χ4n) is 2.12. The minimum atomic E-state index is -1.13. The van der Waals surface area contributed by atoms with Crippen LogP contribution in [-0.2, 0) is 6.42 Å². The normalized spacial score (nSPS) is 14.2. The first-order valence-electron chi connectivity index (χ1n) is 6.32. The Kier molecular flexibility index (Phi) is 3.69. The van der Waals surface area contributed by atoms with Crippen LogP contribution < -0.4 is 5.32 Å². The maximum absolute atomic E-state index is 11.2. The third kappa shape index (κ3) is 2.83. The van der Waals surface area contributed by atoms with Crippen LogP contribution in [0.1, 0.15) is 35.7 Å². The van der Waals surface area contributed by atoms with Gasteiger partial charge in [-0.3, -0.25) is 10.1 Å². The molecule has 6 heteroatoms. The van der Waals surface area contributed by atoms with E-state index in [9.17, 15) is 14.9 Å². The van der Waals surface area contributed by atoms with Gasteiger partial charge in [0.2, 0.25) is 0 Å². The summed E-state index contributed by atoms with van der Waals surface area (Å²) in [7, 11) is 0. The smallest absolute Gasteiger partial charge is 0.336 e. The number of rotatable bonds is 6. The van der Waals surface area contributed by atoms with E-state index >= 15 is 0 Å². The number of anilines is 1. The van der Waals surface area contributed by atoms with Gasteiger partial charge in [-0.1, -0.05) is 6.92 Å². The number of nitrogens with one attached hydrogen (secondary N) is 1. The van der Waals surface area contributed by atoms with E-state index in [-0.39, 0.29) is 16.8 Å². The second-order valence-electron chi connectivity index (χ2n) is 4.73. The number of nitro groups is 1. The van der Waals surface area contributed by atoms with Crippen LogP contribution in [0.4, 0.5) is 11.4 Å². The number of carbonyl (C=O) groups is 1. The highest BCUT2D eigenvalue weighted by atomic mass is 16.6. The Labute approximate surface area is 110 Å². The summed E-state index contributed by atoms with van der Waals surface area (Å²) < 4.78 is 0. The first-order chi connectivity index (χ1) is 9.04. The zero-order valence-corrected chi connectivity index (χ0v) is 10.7. The number of benzene rings is 1. The van der Waals surface area contributed by atoms with Crippen molar-refractivity contribution in [2.75, 3.05) is 11.9 Å². The third-order valence-corrected chi connectivity index (χ3v) is 3.33. The Morgan fingerprint density at radius 1 is 1.53 bits per heavy atom. The number of aromatic carboxylic acids is 1. The maximum atomic E-state index is 11.2. The van der Waals surface area contributed by atoms with E-state index in [0.717, 1.165) is 12.8 Å². The highest BCUT2D eigenvalue weighted by Crippen LogP contribution is 2.34. The summed E-state index contributed by atoms with van der Waals surface area (Å²) in [6.45, 7) is 2.43. The highest BCUT2D eigenvalue weighted by Gasteiger charge is 2.26. The molecule has 2 N–H and O–H groups in total. The van der Waals surface area contributed by atoms with Gasteiger partial charge in [-0.05, 0) is 37.3 Å². The van der Waals surface area contributed by atoms with Crippen LogP contribution in [0.5, 0.6) is 0 Å². The average Bonchev–Trinajstić information content (AvgIpc) is 3.18. The van der Waals surface area contributed by atoms with Crippen molar-refractivity contribution in [3.63, 3.8) is 0 Å². The van der Waals surface area contributed by atoms with Crippen LogP contribution in [0.25, 0.3) is 0 Å². The van der Waals surface area contributed by atoms with E-state index in [1.807, 2.05) is 0 Å². The molecule has 1 aliphatic carbocycles. The molecule has 0 heterocycles. The SMILES string of the molecule is CCc1c(C(=O)O)ccc(NCC2CC2)c1[N+](=O)[O-]. The molecule has 1 aliphatic rings. The fourth-order valence-corrected chi connectivity index (χ4v) is 2.12. The summed E-state index contributed by atoms with van der Waals surface area (Å²) >= 11 is 0. The Morgan fingerprint density at radius 2 is 2.21 bits per heavy atom. The lowest BCUT2D eigenvalue weighted by atomic mass is 10.0. The molecule has 0 unspecified atom stereocenters. The fraction of sp³-hybridized carbons (Fsp3) is 0.462. The Hall–Kier alpha value is -2.11. The molecule has 0 amide bonds. The average molecular weight is 264 g/mol. The van der Waals surface area contributed by atoms with E-state index in [0.29, 0.717) is 24.6 Å². The van der Waals surface area contributed by atoms with Crippen LogP contribution in [-0.4, -0.2) is 22.5 Å². The van der Waals surface area contributed by atoms with Crippen molar-refractivity contribution >= 4 is 17.3 Å². The molecule has 0 aromatic heterocycles. The number of hydrogen-bond acceptors (Lipinski definition) is 4. The van der Waals surface area contributed by atoms with E-state index in [1.54, 1.807) is 6.92 Å². The molecule has 0 spiro atoms. The molecule has 102 valence electrons. The standard InChI is InChI=1S/C13H16N2O4/c1-2-9-10(13(16)17)5-6-11(12(9)15(18)19)14-7-8-3-4-8/h5-6,8,14H,2-4,7H2,1H3,(H,16,17). The number of nitrogens with zero attached hydrogens (tertiary/aromatic N) is 1. The molecular formula is C13H16N2O4. The second kappa shape index (κ2) is 5.26. The lowest BCUT2D eigenvalue weighted by molar-refractivity contribution is -0.384. The minimum absolute atomic E-state index is 0.00571. The van der Waals surface area contributed by atoms with Gasteiger partial charge in [-0.15, -0.1) is 0 Å². The summed E-state index contributed by atoms with van der Waals surface area (Å²) in [5.74, 6) is -0.544. The molecule has 1 saturated carbocycles. The molecule has 1 aromatic carbocycles. The first-order valence-corrected chi connectivity index (χ1v) is 6.32. The zero-order valence-electron chi connectivity index (χ0n) is 10.7. The van der Waals surface area contributed by atoms with E-state index in [1.165, 1.54) is 12.1 Å². The van der Waals surface area contributed by atoms with Gasteiger partial charge < -0.3 is 10.4 Å². The molecule has 0 aliphatic heterocycles. The summed E-state index contributed by atoms with van der Waals surface area (Å²) in [6, 6.07) is 2.92. The predicted molar refractivity (Wildman–Crippen MR) is 70.6 cm³/mol. The summed E-state index contributed by atoms with van der Waals surface area (Å²) in [5.41, 5.74) is 0.589. The minimum Gasteiger partial charge on any atom is -0.478 e. The van der Waals surface area contributed by atoms with Crippen molar-refractivity contribution in [2.24, 2.45) is 5.92 Å². The predicted octanol–water partition coefficient (Wildman–Crippen LogP) is 2.68. The number of nitro benzene ring substituents is 1. The van der Waals surface area contributed by atoms with E-state index in [2.05, 4.69) is 5.32 Å². The molecule has 0 atom stereocenters. The van der Waals surface area contributed by atoms with Crippen molar-refractivity contribution in [3.05, 3.63) is 33.4 Å². The van der Waals surface area contributed by atoms with Gasteiger partial charge in [0, 0.05) is 12.1 Å². The summed E-state index contributed by atoms with van der Waals surface area (Å²) in [6.07, 6.45) is 2.61. The molecule has 1 fully saturated rings. The number of carboxylic acids is 1. The Bertz CT molecular complexity index is 524. The molecule has 1 aromatic rings. The molecule has 0 radical (unpaired) electrons. The monoisotopic (exact) mass is 264 g/mol. The highest BCUT2D eigenvalue weighted by molar-refractivity contribution is 5.92. The van der Waals surface area contributed by atoms with Crippen molar-refractivity contribution < 1.29 is 14.8 Å². The van der Waals surface area contributed by atoms with Gasteiger partial charge in [0.15, 0.2) is 0 Å². The zero-order chi connectivity index (χ0) is 14.0. The van der Waals surface area contributed by atoms with Crippen LogP contribution >= 0.6 is 0 Å². The first kappa shape index (κ1) is 13.3. The van der Waals surface area contributed by atoms with Crippen molar-refractivity contribution in [1.82, 2.24) is 0 Å². The lowest BCUT2D eigenvalue weighted by Crippen LogP contribution is -2.10. The molecule has 0 bridgehead atoms. The van der Waals surface area contributed by atoms with Gasteiger partial charge in [0.25, 0.3) is 5.69 Å². The lowest BCUT2D eigenvalue weighted by Gasteiger charge is -2.11. The van der Waals surface area contributed by atoms with Crippen molar-refractivity contribution in [3.8, 4) is 0 Å². The van der Waals surface area contributed by atoms with Gasteiger partial charge in [0.05, 0.1) is 10.5 Å². The Balaban J connectivity index is 2.41. The summed E-state index contributed by atoms with van der Waals surface area (Å²) in [4.78, 5) is 21.8. The van der Waals surface area contributed by atoms with Crippen LogP contribution in [0.2, 0.25) is 0 Å². The number of carboxylic acid groups (broad SMARTS) is 1. The van der Waals surface area contributed by atoms with E-state index < -0.39 is 10.9 Å². The van der Waals surface area contributed by atoms with Gasteiger partial charge in [0.1, 0.15) is 5.69 Å². The van der Waals surface area contributed by atoms with Crippen LogP contribution in [0.15, 0.2) is 12.1 Å². The Morgan fingerprint density at radius 3 is 2.68 bits per heavy atom. The maximum Gasteiger partial charge on any atom is 0.336 e. The molecule has 2 rings (SSSR count). The van der Waals surface area contributed by atoms with Gasteiger partial charge >= 0.3 is 5.97 Å². The molecule has 0 saturated heterocycles. The van der Waals surface area contributed by atoms with Crippen molar-refractivity contribution in [2.45, 2.75) is 26.2 Å². The topological polar surface area (TPSA) is 92.5 Å². The van der Waals surface area contributed by atoms with Gasteiger partial charge in [-0.2, -0.15) is 0 Å². The third-order valence-electron chi connectivity index (χ3n) is 3.33. The molecule has 19 heavy (non-hydrogen) atoms. The second-order valence-corrected chi connectivity index (χ2v) is 4.73. The van der Waals surface area contributed by atoms with Crippen molar-refractivity contribution in [1.29, 1.82) is 0 Å². The summed E-state index contributed by atoms with van der Waals surface area (Å²) in [5, 5.41) is 23.4. The van der Waals surface area contributed by atoms with Crippen LogP contribution in [0.3, 0.4) is 0 Å². The van der Waals surface area contributed by atoms with Crippen LogP contribution in [0, 0.1) is 16.0 Å². The number of hydrogen-bond donors (Lipinski definition) is 2. The largest absolute Gasteiger partial charge is 0.478 e.